The fraction of sp³-hybridized carbons (Fsp3) is 0.160. The second-order valence-electron chi connectivity index (χ2n) is 7.51. The van der Waals surface area contributed by atoms with Crippen molar-refractivity contribution < 1.29 is 9.53 Å². The second-order valence-corrected chi connectivity index (χ2v) is 8.86. The number of para-hydroxylation sites is 1. The van der Waals surface area contributed by atoms with Gasteiger partial charge >= 0.3 is 0 Å². The van der Waals surface area contributed by atoms with E-state index in [0.717, 1.165) is 11.1 Å². The van der Waals surface area contributed by atoms with Gasteiger partial charge in [-0.25, -0.2) is 4.98 Å². The third-order valence-electron chi connectivity index (χ3n) is 5.26. The first-order chi connectivity index (χ1) is 15.9. The van der Waals surface area contributed by atoms with Gasteiger partial charge in [0.05, 0.1) is 34.5 Å². The van der Waals surface area contributed by atoms with Crippen LogP contribution < -0.4 is 15.6 Å². The number of aryl methyl sites for hydroxylation is 2. The van der Waals surface area contributed by atoms with Crippen molar-refractivity contribution in [3.8, 4) is 11.4 Å². The number of amides is 1. The Morgan fingerprint density at radius 1 is 1.09 bits per heavy atom. The minimum absolute atomic E-state index is 0.0687. The molecule has 3 aromatic carbocycles. The number of carbonyl (C=O) groups is 1. The van der Waals surface area contributed by atoms with Gasteiger partial charge in [-0.15, -0.1) is 0 Å². The first-order valence-corrected chi connectivity index (χ1v) is 11.6. The monoisotopic (exact) mass is 479 g/mol. The zero-order valence-electron chi connectivity index (χ0n) is 18.4. The Morgan fingerprint density at radius 3 is 2.61 bits per heavy atom. The van der Waals surface area contributed by atoms with E-state index in [4.69, 9.17) is 16.3 Å². The minimum atomic E-state index is -0.240. The van der Waals surface area contributed by atoms with Crippen molar-refractivity contribution >= 4 is 45.9 Å². The van der Waals surface area contributed by atoms with Crippen LogP contribution in [0.4, 0.5) is 5.69 Å². The Balaban J connectivity index is 1.65. The molecule has 0 saturated carbocycles. The van der Waals surface area contributed by atoms with Crippen molar-refractivity contribution in [2.75, 3.05) is 18.2 Å². The quantitative estimate of drug-likeness (QED) is 0.296. The van der Waals surface area contributed by atoms with E-state index < -0.39 is 0 Å². The van der Waals surface area contributed by atoms with E-state index in [-0.39, 0.29) is 17.2 Å². The molecule has 0 spiro atoms. The number of anilines is 1. The molecule has 6 nitrogen and oxygen atoms in total. The van der Waals surface area contributed by atoms with Crippen LogP contribution in [0.15, 0.2) is 70.6 Å². The van der Waals surface area contributed by atoms with Crippen LogP contribution in [0.2, 0.25) is 5.02 Å². The number of ether oxygens (including phenoxy) is 1. The van der Waals surface area contributed by atoms with E-state index in [1.165, 1.54) is 18.9 Å². The summed E-state index contributed by atoms with van der Waals surface area (Å²) in [6, 6.07) is 18.1. The largest absolute Gasteiger partial charge is 0.495 e. The first-order valence-electron chi connectivity index (χ1n) is 10.2. The number of thioether (sulfide) groups is 1. The maximum absolute atomic E-state index is 13.4. The Bertz CT molecular complexity index is 1420. The maximum atomic E-state index is 13.4. The Kier molecular flexibility index (Phi) is 6.72. The van der Waals surface area contributed by atoms with Gasteiger partial charge in [-0.3, -0.25) is 14.2 Å². The van der Waals surface area contributed by atoms with E-state index in [1.54, 1.807) is 34.9 Å². The molecule has 0 fully saturated rings. The number of nitrogens with one attached hydrogen (secondary N) is 1. The van der Waals surface area contributed by atoms with Gasteiger partial charge in [0.25, 0.3) is 5.56 Å². The molecule has 0 aliphatic heterocycles. The third kappa shape index (κ3) is 4.89. The lowest BCUT2D eigenvalue weighted by atomic mass is 10.1. The summed E-state index contributed by atoms with van der Waals surface area (Å²) in [4.78, 5) is 30.7. The van der Waals surface area contributed by atoms with Crippen LogP contribution >= 0.6 is 23.4 Å². The fourth-order valence-electron chi connectivity index (χ4n) is 3.37. The van der Waals surface area contributed by atoms with Crippen LogP contribution in [0.3, 0.4) is 0 Å². The Labute approximate surface area is 200 Å². The molecule has 4 rings (SSSR count). The topological polar surface area (TPSA) is 73.2 Å². The number of aromatic nitrogens is 2. The second kappa shape index (κ2) is 9.68. The van der Waals surface area contributed by atoms with Crippen molar-refractivity contribution in [3.63, 3.8) is 0 Å². The normalized spacial score (nSPS) is 10.9. The highest BCUT2D eigenvalue weighted by atomic mass is 35.5. The number of hydrogen-bond acceptors (Lipinski definition) is 5. The van der Waals surface area contributed by atoms with Gasteiger partial charge < -0.3 is 10.1 Å². The smallest absolute Gasteiger partial charge is 0.266 e. The molecule has 0 atom stereocenters. The van der Waals surface area contributed by atoms with Gasteiger partial charge in [0.1, 0.15) is 5.75 Å². The summed E-state index contributed by atoms with van der Waals surface area (Å²) in [5, 5.41) is 4.20. The summed E-state index contributed by atoms with van der Waals surface area (Å²) >= 11 is 7.34. The number of hydrogen-bond donors (Lipinski definition) is 1. The van der Waals surface area contributed by atoms with Crippen molar-refractivity contribution in [3.05, 3.63) is 87.2 Å². The molecule has 168 valence electrons. The molecule has 0 saturated heterocycles. The molecule has 0 aliphatic rings. The molecule has 33 heavy (non-hydrogen) atoms. The van der Waals surface area contributed by atoms with E-state index >= 15 is 0 Å². The number of nitrogens with zero attached hydrogens (tertiary/aromatic N) is 2. The molecule has 0 radical (unpaired) electrons. The molecule has 4 aromatic rings. The summed E-state index contributed by atoms with van der Waals surface area (Å²) < 4.78 is 6.70. The average Bonchev–Trinajstić information content (AvgIpc) is 2.80. The highest BCUT2D eigenvalue weighted by Gasteiger charge is 2.15. The maximum Gasteiger partial charge on any atom is 0.266 e. The summed E-state index contributed by atoms with van der Waals surface area (Å²) in [6.45, 7) is 4.02. The average molecular weight is 480 g/mol. The van der Waals surface area contributed by atoms with Gasteiger partial charge in [0, 0.05) is 5.69 Å². The number of benzene rings is 3. The number of rotatable bonds is 6. The molecule has 1 heterocycles. The van der Waals surface area contributed by atoms with Crippen LogP contribution in [0.5, 0.6) is 5.75 Å². The summed E-state index contributed by atoms with van der Waals surface area (Å²) in [5.41, 5.74) is 3.89. The number of halogens is 1. The van der Waals surface area contributed by atoms with Crippen molar-refractivity contribution in [1.82, 2.24) is 9.55 Å². The van der Waals surface area contributed by atoms with Crippen LogP contribution in [0.25, 0.3) is 16.6 Å². The zero-order chi connectivity index (χ0) is 23.5. The standard InChI is InChI=1S/C25H22ClN3O3S/c1-15-8-10-18(12-16(15)2)29-24(31)19-6-4-5-7-21(19)28-25(29)33-14-23(30)27-17-9-11-22(32-3)20(26)13-17/h4-13H,14H2,1-3H3,(H,27,30). The SMILES string of the molecule is COc1ccc(NC(=O)CSc2nc3ccccc3c(=O)n2-c2ccc(C)c(C)c2)cc1Cl. The van der Waals surface area contributed by atoms with E-state index in [1.807, 2.05) is 44.2 Å². The fourth-order valence-corrected chi connectivity index (χ4v) is 4.44. The lowest BCUT2D eigenvalue weighted by Crippen LogP contribution is -2.23. The Hall–Kier alpha value is -3.29. The predicted molar refractivity (Wildman–Crippen MR) is 134 cm³/mol. The van der Waals surface area contributed by atoms with Crippen LogP contribution in [-0.2, 0) is 4.79 Å². The van der Waals surface area contributed by atoms with E-state index in [9.17, 15) is 9.59 Å². The number of fused-ring (bicyclic) bond motifs is 1. The molecule has 1 amide bonds. The number of carbonyl (C=O) groups excluding carboxylic acids is 1. The molecular weight excluding hydrogens is 458 g/mol. The van der Waals surface area contributed by atoms with E-state index in [2.05, 4.69) is 10.3 Å². The molecule has 0 aliphatic carbocycles. The zero-order valence-corrected chi connectivity index (χ0v) is 20.0. The Morgan fingerprint density at radius 2 is 1.88 bits per heavy atom. The summed E-state index contributed by atoms with van der Waals surface area (Å²) in [7, 11) is 1.53. The van der Waals surface area contributed by atoms with Gasteiger partial charge in [0.2, 0.25) is 5.91 Å². The third-order valence-corrected chi connectivity index (χ3v) is 6.50. The van der Waals surface area contributed by atoms with Crippen LogP contribution in [0.1, 0.15) is 11.1 Å². The highest BCUT2D eigenvalue weighted by Crippen LogP contribution is 2.28. The highest BCUT2D eigenvalue weighted by molar-refractivity contribution is 7.99. The molecule has 1 N–H and O–H groups in total. The summed E-state index contributed by atoms with van der Waals surface area (Å²) in [5.74, 6) is 0.358. The molecule has 1 aromatic heterocycles. The predicted octanol–water partition coefficient (Wildman–Crippen LogP) is 5.40. The van der Waals surface area contributed by atoms with Crippen LogP contribution in [-0.4, -0.2) is 28.3 Å². The molecular formula is C25H22ClN3O3S. The van der Waals surface area contributed by atoms with Crippen molar-refractivity contribution in [2.45, 2.75) is 19.0 Å². The lowest BCUT2D eigenvalue weighted by molar-refractivity contribution is -0.113. The number of methoxy groups -OCH3 is 1. The molecule has 0 unspecified atom stereocenters. The van der Waals surface area contributed by atoms with Crippen molar-refractivity contribution in [1.29, 1.82) is 0 Å². The van der Waals surface area contributed by atoms with Gasteiger partial charge in [-0.1, -0.05) is 41.6 Å². The van der Waals surface area contributed by atoms with Gasteiger partial charge in [0.15, 0.2) is 5.16 Å². The lowest BCUT2D eigenvalue weighted by Gasteiger charge is -2.14. The van der Waals surface area contributed by atoms with E-state index in [0.29, 0.717) is 38.2 Å². The molecule has 8 heteroatoms. The van der Waals surface area contributed by atoms with Crippen molar-refractivity contribution in [2.24, 2.45) is 0 Å². The summed E-state index contributed by atoms with van der Waals surface area (Å²) in [6.07, 6.45) is 0. The van der Waals surface area contributed by atoms with Gasteiger partial charge in [-0.2, -0.15) is 0 Å². The molecule has 0 bridgehead atoms. The minimum Gasteiger partial charge on any atom is -0.495 e. The first kappa shape index (κ1) is 22.9. The van der Waals surface area contributed by atoms with Gasteiger partial charge in [-0.05, 0) is 67.4 Å². The van der Waals surface area contributed by atoms with Crippen LogP contribution in [0, 0.1) is 13.8 Å².